The molecular weight excluding hydrogens is 338 g/mol. The van der Waals surface area contributed by atoms with Crippen molar-refractivity contribution in [3.8, 4) is 5.75 Å². The lowest BCUT2D eigenvalue weighted by Gasteiger charge is -2.07. The Kier molecular flexibility index (Phi) is 7.35. The van der Waals surface area contributed by atoms with Crippen LogP contribution in [0, 0.1) is 0 Å². The summed E-state index contributed by atoms with van der Waals surface area (Å²) >= 11 is 1.50. The average Bonchev–Trinajstić information content (AvgIpc) is 2.66. The predicted octanol–water partition coefficient (Wildman–Crippen LogP) is 3.03. The van der Waals surface area contributed by atoms with Crippen LogP contribution in [-0.2, 0) is 21.8 Å². The van der Waals surface area contributed by atoms with Crippen LogP contribution in [-0.4, -0.2) is 31.8 Å². The lowest BCUT2D eigenvalue weighted by atomic mass is 10.1. The van der Waals surface area contributed by atoms with E-state index in [1.807, 2.05) is 36.4 Å². The van der Waals surface area contributed by atoms with Gasteiger partial charge in [0.1, 0.15) is 5.75 Å². The van der Waals surface area contributed by atoms with Crippen molar-refractivity contribution in [1.29, 1.82) is 0 Å². The molecule has 0 aliphatic heterocycles. The highest BCUT2D eigenvalue weighted by Crippen LogP contribution is 2.15. The molecule has 0 fully saturated rings. The molecule has 0 heterocycles. The second-order valence-electron chi connectivity index (χ2n) is 5.31. The standard InChI is InChI=1S/C19H21NO4S/c1-23-17-8-4-5-14(10-17)11-20-18(21)13-25-12-15-6-3-7-16(9-15)19(22)24-2/h3-10H,11-13H2,1-2H3,(H,20,21). The maximum atomic E-state index is 11.9. The molecular formula is C19H21NO4S. The van der Waals surface area contributed by atoms with E-state index in [4.69, 9.17) is 9.47 Å². The third kappa shape index (κ3) is 6.15. The maximum Gasteiger partial charge on any atom is 0.337 e. The smallest absolute Gasteiger partial charge is 0.337 e. The fourth-order valence-corrected chi connectivity index (χ4v) is 3.01. The third-order valence-corrected chi connectivity index (χ3v) is 4.48. The van der Waals surface area contributed by atoms with Crippen LogP contribution >= 0.6 is 11.8 Å². The summed E-state index contributed by atoms with van der Waals surface area (Å²) in [5, 5.41) is 2.89. The molecule has 0 saturated heterocycles. The number of esters is 1. The summed E-state index contributed by atoms with van der Waals surface area (Å²) in [4.78, 5) is 23.5. The van der Waals surface area contributed by atoms with Gasteiger partial charge < -0.3 is 14.8 Å². The third-order valence-electron chi connectivity index (χ3n) is 3.47. The predicted molar refractivity (Wildman–Crippen MR) is 98.8 cm³/mol. The van der Waals surface area contributed by atoms with Gasteiger partial charge in [0.2, 0.25) is 5.91 Å². The van der Waals surface area contributed by atoms with Crippen LogP contribution < -0.4 is 10.1 Å². The molecule has 0 radical (unpaired) electrons. The van der Waals surface area contributed by atoms with Gasteiger partial charge in [0.15, 0.2) is 0 Å². The number of carbonyl (C=O) groups excluding carboxylic acids is 2. The van der Waals surface area contributed by atoms with Gasteiger partial charge in [-0.25, -0.2) is 4.79 Å². The monoisotopic (exact) mass is 359 g/mol. The van der Waals surface area contributed by atoms with Crippen LogP contribution in [0.4, 0.5) is 0 Å². The van der Waals surface area contributed by atoms with Crippen molar-refractivity contribution in [3.05, 3.63) is 65.2 Å². The summed E-state index contributed by atoms with van der Waals surface area (Å²) < 4.78 is 9.87. The molecule has 0 spiro atoms. The number of ether oxygens (including phenoxy) is 2. The first kappa shape index (κ1) is 18.9. The highest BCUT2D eigenvalue weighted by atomic mass is 32.2. The summed E-state index contributed by atoms with van der Waals surface area (Å²) in [6.45, 7) is 0.467. The number of amides is 1. The molecule has 0 aliphatic rings. The molecule has 0 bridgehead atoms. The first-order valence-corrected chi connectivity index (χ1v) is 8.92. The van der Waals surface area contributed by atoms with Gasteiger partial charge >= 0.3 is 5.97 Å². The van der Waals surface area contributed by atoms with Crippen molar-refractivity contribution in [2.75, 3.05) is 20.0 Å². The van der Waals surface area contributed by atoms with E-state index in [-0.39, 0.29) is 11.9 Å². The van der Waals surface area contributed by atoms with Gasteiger partial charge in [-0.15, -0.1) is 11.8 Å². The van der Waals surface area contributed by atoms with Crippen molar-refractivity contribution in [2.45, 2.75) is 12.3 Å². The van der Waals surface area contributed by atoms with Gasteiger partial charge in [0.25, 0.3) is 0 Å². The molecule has 6 heteroatoms. The molecule has 1 amide bonds. The van der Waals surface area contributed by atoms with Crippen molar-refractivity contribution >= 4 is 23.6 Å². The number of rotatable bonds is 8. The Morgan fingerprint density at radius 3 is 2.56 bits per heavy atom. The van der Waals surface area contributed by atoms with Crippen molar-refractivity contribution < 1.29 is 19.1 Å². The highest BCUT2D eigenvalue weighted by Gasteiger charge is 2.07. The zero-order valence-corrected chi connectivity index (χ0v) is 15.1. The molecule has 0 saturated carbocycles. The molecule has 1 N–H and O–H groups in total. The average molecular weight is 359 g/mol. The minimum absolute atomic E-state index is 0.0306. The summed E-state index contributed by atoms with van der Waals surface area (Å²) in [7, 11) is 2.97. The first-order chi connectivity index (χ1) is 12.1. The van der Waals surface area contributed by atoms with Crippen LogP contribution in [0.2, 0.25) is 0 Å². The number of hydrogen-bond donors (Lipinski definition) is 1. The summed E-state index contributed by atoms with van der Waals surface area (Å²) in [5.41, 5.74) is 2.49. The number of nitrogens with one attached hydrogen (secondary N) is 1. The van der Waals surface area contributed by atoms with Crippen molar-refractivity contribution in [2.24, 2.45) is 0 Å². The number of carbonyl (C=O) groups is 2. The topological polar surface area (TPSA) is 64.6 Å². The van der Waals surface area contributed by atoms with Gasteiger partial charge in [-0.3, -0.25) is 4.79 Å². The van der Waals surface area contributed by atoms with Crippen molar-refractivity contribution in [3.63, 3.8) is 0 Å². The van der Waals surface area contributed by atoms with Crippen LogP contribution in [0.15, 0.2) is 48.5 Å². The van der Waals surface area contributed by atoms with Gasteiger partial charge in [0.05, 0.1) is 25.5 Å². The number of benzene rings is 2. The van der Waals surface area contributed by atoms with E-state index in [0.29, 0.717) is 23.6 Å². The fourth-order valence-electron chi connectivity index (χ4n) is 2.20. The van der Waals surface area contributed by atoms with Gasteiger partial charge in [-0.2, -0.15) is 0 Å². The summed E-state index contributed by atoms with van der Waals surface area (Å²) in [6, 6.07) is 14.8. The second kappa shape index (κ2) is 9.74. The molecule has 0 unspecified atom stereocenters. The lowest BCUT2D eigenvalue weighted by molar-refractivity contribution is -0.118. The zero-order chi connectivity index (χ0) is 18.1. The SMILES string of the molecule is COC(=O)c1cccc(CSCC(=O)NCc2cccc(OC)c2)c1. The second-order valence-corrected chi connectivity index (χ2v) is 6.30. The van der Waals surface area contributed by atoms with Crippen molar-refractivity contribution in [1.82, 2.24) is 5.32 Å². The summed E-state index contributed by atoms with van der Waals surface area (Å²) in [5.74, 6) is 1.38. The molecule has 0 atom stereocenters. The van der Waals surface area contributed by atoms with Crippen LogP contribution in [0.3, 0.4) is 0 Å². The van der Waals surface area contributed by atoms with E-state index < -0.39 is 0 Å². The highest BCUT2D eigenvalue weighted by molar-refractivity contribution is 7.99. The van der Waals surface area contributed by atoms with Crippen LogP contribution in [0.5, 0.6) is 5.75 Å². The first-order valence-electron chi connectivity index (χ1n) is 7.77. The van der Waals surface area contributed by atoms with Crippen LogP contribution in [0.25, 0.3) is 0 Å². The van der Waals surface area contributed by atoms with E-state index in [2.05, 4.69) is 5.32 Å². The Hall–Kier alpha value is -2.47. The Morgan fingerprint density at radius 2 is 1.80 bits per heavy atom. The van der Waals surface area contributed by atoms with E-state index >= 15 is 0 Å². The Balaban J connectivity index is 1.76. The Bertz CT molecular complexity index is 733. The molecule has 0 aromatic heterocycles. The van der Waals surface area contributed by atoms with E-state index in [0.717, 1.165) is 16.9 Å². The van der Waals surface area contributed by atoms with Gasteiger partial charge in [-0.1, -0.05) is 24.3 Å². The lowest BCUT2D eigenvalue weighted by Crippen LogP contribution is -2.24. The molecule has 132 valence electrons. The zero-order valence-electron chi connectivity index (χ0n) is 14.3. The number of methoxy groups -OCH3 is 2. The Morgan fingerprint density at radius 1 is 1.04 bits per heavy atom. The molecule has 5 nitrogen and oxygen atoms in total. The maximum absolute atomic E-state index is 11.9. The van der Waals surface area contributed by atoms with E-state index in [1.54, 1.807) is 19.2 Å². The summed E-state index contributed by atoms with van der Waals surface area (Å²) in [6.07, 6.45) is 0. The molecule has 0 aliphatic carbocycles. The molecule has 2 aromatic carbocycles. The fraction of sp³-hybridized carbons (Fsp3) is 0.263. The minimum atomic E-state index is -0.358. The largest absolute Gasteiger partial charge is 0.497 e. The molecule has 25 heavy (non-hydrogen) atoms. The normalized spacial score (nSPS) is 10.2. The van der Waals surface area contributed by atoms with E-state index in [1.165, 1.54) is 18.9 Å². The molecule has 2 aromatic rings. The van der Waals surface area contributed by atoms with Gasteiger partial charge in [0, 0.05) is 12.3 Å². The number of thioether (sulfide) groups is 1. The van der Waals surface area contributed by atoms with E-state index in [9.17, 15) is 9.59 Å². The molecule has 2 rings (SSSR count). The quantitative estimate of drug-likeness (QED) is 0.734. The minimum Gasteiger partial charge on any atom is -0.497 e. The van der Waals surface area contributed by atoms with Crippen LogP contribution in [0.1, 0.15) is 21.5 Å². The van der Waals surface area contributed by atoms with Gasteiger partial charge in [-0.05, 0) is 35.4 Å². The Labute approximate surface area is 151 Å². The number of hydrogen-bond acceptors (Lipinski definition) is 5.